The van der Waals surface area contributed by atoms with Crippen LogP contribution in [0.1, 0.15) is 18.4 Å². The minimum Gasteiger partial charge on any atom is -0.495 e. The Balaban J connectivity index is 2.11. The van der Waals surface area contributed by atoms with Gasteiger partial charge in [-0.3, -0.25) is 0 Å². The standard InChI is InChI=1S/C14H21NO5S/c1-19-13-8-12(10-16)2-3-14(13)21(17,18)15-9-11-4-6-20-7-5-11/h2-3,8,11,15-16H,4-7,9-10H2,1H3. The largest absolute Gasteiger partial charge is 0.495 e. The van der Waals surface area contributed by atoms with Crippen LogP contribution in [0, 0.1) is 5.92 Å². The smallest absolute Gasteiger partial charge is 0.244 e. The Bertz CT molecular complexity index is 567. The van der Waals surface area contributed by atoms with Crippen LogP contribution in [0.4, 0.5) is 0 Å². The predicted molar refractivity (Wildman–Crippen MR) is 77.6 cm³/mol. The fourth-order valence-corrected chi connectivity index (χ4v) is 3.55. The van der Waals surface area contributed by atoms with Crippen LogP contribution < -0.4 is 9.46 Å². The van der Waals surface area contributed by atoms with E-state index in [1.807, 2.05) is 0 Å². The van der Waals surface area contributed by atoms with Gasteiger partial charge in [-0.25, -0.2) is 13.1 Å². The van der Waals surface area contributed by atoms with Gasteiger partial charge < -0.3 is 14.6 Å². The van der Waals surface area contributed by atoms with Gasteiger partial charge >= 0.3 is 0 Å². The van der Waals surface area contributed by atoms with E-state index in [2.05, 4.69) is 4.72 Å². The van der Waals surface area contributed by atoms with E-state index in [0.717, 1.165) is 12.8 Å². The van der Waals surface area contributed by atoms with Crippen molar-refractivity contribution in [3.05, 3.63) is 23.8 Å². The second-order valence-electron chi connectivity index (χ2n) is 5.05. The Morgan fingerprint density at radius 3 is 2.71 bits per heavy atom. The lowest BCUT2D eigenvalue weighted by Gasteiger charge is -2.22. The molecule has 1 fully saturated rings. The molecule has 1 saturated heterocycles. The van der Waals surface area contributed by atoms with Gasteiger partial charge in [-0.1, -0.05) is 6.07 Å². The number of ether oxygens (including phenoxy) is 2. The number of nitrogens with one attached hydrogen (secondary N) is 1. The van der Waals surface area contributed by atoms with E-state index in [4.69, 9.17) is 14.6 Å². The SMILES string of the molecule is COc1cc(CO)ccc1S(=O)(=O)NCC1CCOCC1. The van der Waals surface area contributed by atoms with Crippen molar-refractivity contribution in [1.29, 1.82) is 0 Å². The van der Waals surface area contributed by atoms with Crippen LogP contribution in [0.3, 0.4) is 0 Å². The molecule has 0 amide bonds. The van der Waals surface area contributed by atoms with E-state index >= 15 is 0 Å². The molecule has 0 aliphatic carbocycles. The van der Waals surface area contributed by atoms with Gasteiger partial charge in [0.15, 0.2) is 0 Å². The Hall–Kier alpha value is -1.15. The zero-order valence-corrected chi connectivity index (χ0v) is 12.9. The van der Waals surface area contributed by atoms with Crippen LogP contribution in [0.5, 0.6) is 5.75 Å². The van der Waals surface area contributed by atoms with Crippen molar-refractivity contribution >= 4 is 10.0 Å². The summed E-state index contributed by atoms with van der Waals surface area (Å²) >= 11 is 0. The Morgan fingerprint density at radius 1 is 1.38 bits per heavy atom. The summed E-state index contributed by atoms with van der Waals surface area (Å²) in [6, 6.07) is 4.56. The zero-order valence-electron chi connectivity index (χ0n) is 12.0. The first-order valence-electron chi connectivity index (χ1n) is 6.92. The highest BCUT2D eigenvalue weighted by molar-refractivity contribution is 7.89. The topological polar surface area (TPSA) is 84.9 Å². The summed E-state index contributed by atoms with van der Waals surface area (Å²) in [6.07, 6.45) is 1.73. The second kappa shape index (κ2) is 7.22. The van der Waals surface area contributed by atoms with Crippen LogP contribution in [-0.2, 0) is 21.4 Å². The third-order valence-corrected chi connectivity index (χ3v) is 5.07. The van der Waals surface area contributed by atoms with Gasteiger partial charge in [0, 0.05) is 19.8 Å². The normalized spacial score (nSPS) is 16.9. The second-order valence-corrected chi connectivity index (χ2v) is 6.79. The summed E-state index contributed by atoms with van der Waals surface area (Å²) in [5.41, 5.74) is 0.607. The number of aliphatic hydroxyl groups is 1. The first-order valence-corrected chi connectivity index (χ1v) is 8.40. The molecule has 0 radical (unpaired) electrons. The lowest BCUT2D eigenvalue weighted by atomic mass is 10.0. The summed E-state index contributed by atoms with van der Waals surface area (Å²) in [5.74, 6) is 0.539. The summed E-state index contributed by atoms with van der Waals surface area (Å²) in [4.78, 5) is 0.0919. The molecule has 0 atom stereocenters. The van der Waals surface area contributed by atoms with Gasteiger partial charge in [-0.15, -0.1) is 0 Å². The van der Waals surface area contributed by atoms with Crippen molar-refractivity contribution in [3.63, 3.8) is 0 Å². The molecule has 1 aliphatic heterocycles. The highest BCUT2D eigenvalue weighted by Crippen LogP contribution is 2.25. The molecule has 0 saturated carbocycles. The van der Waals surface area contributed by atoms with Crippen LogP contribution in [0.2, 0.25) is 0 Å². The van der Waals surface area contributed by atoms with Gasteiger partial charge in [-0.05, 0) is 36.5 Å². The number of sulfonamides is 1. The van der Waals surface area contributed by atoms with Gasteiger partial charge in [0.05, 0.1) is 13.7 Å². The maximum Gasteiger partial charge on any atom is 0.244 e. The van der Waals surface area contributed by atoms with Crippen molar-refractivity contribution in [1.82, 2.24) is 4.72 Å². The highest BCUT2D eigenvalue weighted by Gasteiger charge is 2.22. The number of hydrogen-bond donors (Lipinski definition) is 2. The molecule has 2 N–H and O–H groups in total. The van der Waals surface area contributed by atoms with E-state index in [9.17, 15) is 8.42 Å². The first-order chi connectivity index (χ1) is 10.1. The van der Waals surface area contributed by atoms with Crippen molar-refractivity contribution in [2.24, 2.45) is 5.92 Å². The minimum atomic E-state index is -3.62. The van der Waals surface area contributed by atoms with Crippen molar-refractivity contribution in [3.8, 4) is 5.75 Å². The predicted octanol–water partition coefficient (Wildman–Crippen LogP) is 0.892. The van der Waals surface area contributed by atoms with Crippen LogP contribution in [0.15, 0.2) is 23.1 Å². The monoisotopic (exact) mass is 315 g/mol. The summed E-state index contributed by atoms with van der Waals surface area (Å²) in [5, 5.41) is 9.09. The third-order valence-electron chi connectivity index (χ3n) is 3.60. The molecule has 1 aromatic carbocycles. The fourth-order valence-electron chi connectivity index (χ4n) is 2.29. The molecule has 0 bridgehead atoms. The molecule has 118 valence electrons. The molecule has 2 rings (SSSR count). The average molecular weight is 315 g/mol. The zero-order chi connectivity index (χ0) is 15.3. The van der Waals surface area contributed by atoms with Gasteiger partial charge in [0.25, 0.3) is 0 Å². The average Bonchev–Trinajstić information content (AvgIpc) is 2.53. The van der Waals surface area contributed by atoms with Crippen LogP contribution in [-0.4, -0.2) is 40.4 Å². The summed E-state index contributed by atoms with van der Waals surface area (Å²) < 4.78 is 37.7. The van der Waals surface area contributed by atoms with Gasteiger partial charge in [0.1, 0.15) is 10.6 Å². The molecular weight excluding hydrogens is 294 g/mol. The lowest BCUT2D eigenvalue weighted by molar-refractivity contribution is 0.0678. The fraction of sp³-hybridized carbons (Fsp3) is 0.571. The molecule has 0 aromatic heterocycles. The van der Waals surface area contributed by atoms with E-state index in [-0.39, 0.29) is 17.3 Å². The summed E-state index contributed by atoms with van der Waals surface area (Å²) in [6.45, 7) is 1.60. The quantitative estimate of drug-likeness (QED) is 0.814. The van der Waals surface area contributed by atoms with E-state index in [1.165, 1.54) is 19.2 Å². The molecular formula is C14H21NO5S. The first kappa shape index (κ1) is 16.2. The van der Waals surface area contributed by atoms with Crippen LogP contribution in [0.25, 0.3) is 0 Å². The molecule has 6 nitrogen and oxygen atoms in total. The van der Waals surface area contributed by atoms with Crippen molar-refractivity contribution in [2.75, 3.05) is 26.9 Å². The van der Waals surface area contributed by atoms with E-state index in [0.29, 0.717) is 31.2 Å². The van der Waals surface area contributed by atoms with Crippen molar-refractivity contribution < 1.29 is 23.0 Å². The number of aliphatic hydroxyl groups excluding tert-OH is 1. The molecule has 1 heterocycles. The Morgan fingerprint density at radius 2 is 2.10 bits per heavy atom. The van der Waals surface area contributed by atoms with Gasteiger partial charge in [-0.2, -0.15) is 0 Å². The van der Waals surface area contributed by atoms with Crippen molar-refractivity contribution in [2.45, 2.75) is 24.3 Å². The molecule has 1 aromatic rings. The number of methoxy groups -OCH3 is 1. The highest BCUT2D eigenvalue weighted by atomic mass is 32.2. The number of hydrogen-bond acceptors (Lipinski definition) is 5. The Kier molecular flexibility index (Phi) is 5.58. The lowest BCUT2D eigenvalue weighted by Crippen LogP contribution is -2.32. The third kappa shape index (κ3) is 4.16. The molecule has 1 aliphatic rings. The molecule has 7 heteroatoms. The molecule has 21 heavy (non-hydrogen) atoms. The van der Waals surface area contributed by atoms with E-state index < -0.39 is 10.0 Å². The maximum absolute atomic E-state index is 12.4. The van der Waals surface area contributed by atoms with E-state index in [1.54, 1.807) is 6.07 Å². The molecule has 0 unspecified atom stereocenters. The molecule has 0 spiro atoms. The summed E-state index contributed by atoms with van der Waals surface area (Å²) in [7, 11) is -2.21. The minimum absolute atomic E-state index is 0.0919. The maximum atomic E-state index is 12.4. The van der Waals surface area contributed by atoms with Gasteiger partial charge in [0.2, 0.25) is 10.0 Å². The number of benzene rings is 1. The van der Waals surface area contributed by atoms with Crippen LogP contribution >= 0.6 is 0 Å². The number of rotatable bonds is 6. The Labute approximate surface area is 125 Å².